The molecule has 0 saturated heterocycles. The smallest absolute Gasteiger partial charge is 0.185 e. The SMILES string of the molecule is NC(N)=NCCCC(N)C(=O)[O-]. The molecule has 6 heteroatoms. The van der Waals surface area contributed by atoms with Gasteiger partial charge in [0, 0.05) is 12.6 Å². The molecule has 0 aliphatic rings. The number of carbonyl (C=O) groups excluding carboxylic acids is 1. The Morgan fingerprint density at radius 3 is 2.50 bits per heavy atom. The van der Waals surface area contributed by atoms with E-state index in [0.717, 1.165) is 0 Å². The maximum atomic E-state index is 10.1. The molecule has 0 aliphatic heterocycles. The molecule has 6 N–H and O–H groups in total. The third kappa shape index (κ3) is 5.48. The fraction of sp³-hybridized carbons (Fsp3) is 0.667. The normalized spacial score (nSPS) is 12.1. The van der Waals surface area contributed by atoms with Crippen LogP contribution in [0.3, 0.4) is 0 Å². The minimum atomic E-state index is -1.25. The second kappa shape index (κ2) is 5.36. The lowest BCUT2D eigenvalue weighted by molar-refractivity contribution is -0.307. The van der Waals surface area contributed by atoms with Crippen LogP contribution in [0.4, 0.5) is 0 Å². The van der Waals surface area contributed by atoms with Crippen LogP contribution >= 0.6 is 0 Å². The number of carbonyl (C=O) groups is 1. The number of guanidine groups is 1. The van der Waals surface area contributed by atoms with Crippen LogP contribution in [0, 0.1) is 0 Å². The molecular formula is C6H13N4O2-. The number of hydrogen-bond acceptors (Lipinski definition) is 4. The number of rotatable bonds is 5. The molecule has 0 aromatic rings. The second-order valence-electron chi connectivity index (χ2n) is 2.37. The number of carboxylic acid groups (broad SMARTS) is 1. The number of nitrogens with zero attached hydrogens (tertiary/aromatic N) is 1. The van der Waals surface area contributed by atoms with Gasteiger partial charge in [-0.15, -0.1) is 0 Å². The lowest BCUT2D eigenvalue weighted by Crippen LogP contribution is -2.41. The van der Waals surface area contributed by atoms with Gasteiger partial charge in [0.1, 0.15) is 0 Å². The van der Waals surface area contributed by atoms with Gasteiger partial charge in [-0.25, -0.2) is 0 Å². The van der Waals surface area contributed by atoms with E-state index in [2.05, 4.69) is 4.99 Å². The molecule has 0 rings (SSSR count). The Morgan fingerprint density at radius 2 is 2.08 bits per heavy atom. The van der Waals surface area contributed by atoms with Crippen molar-refractivity contribution in [2.75, 3.05) is 6.54 Å². The highest BCUT2D eigenvalue weighted by Gasteiger charge is 2.01. The molecule has 1 atom stereocenters. The zero-order valence-corrected chi connectivity index (χ0v) is 6.69. The lowest BCUT2D eigenvalue weighted by atomic mass is 10.2. The average Bonchev–Trinajstić information content (AvgIpc) is 1.97. The van der Waals surface area contributed by atoms with Gasteiger partial charge in [-0.05, 0) is 12.8 Å². The number of nitrogens with two attached hydrogens (primary N) is 3. The quantitative estimate of drug-likeness (QED) is 0.233. The Morgan fingerprint density at radius 1 is 1.50 bits per heavy atom. The van der Waals surface area contributed by atoms with Crippen molar-refractivity contribution >= 4 is 11.9 Å². The molecule has 0 fully saturated rings. The predicted molar refractivity (Wildman–Crippen MR) is 42.9 cm³/mol. The summed E-state index contributed by atoms with van der Waals surface area (Å²) in [5.41, 5.74) is 15.2. The molecule has 0 saturated carbocycles. The van der Waals surface area contributed by atoms with E-state index < -0.39 is 12.0 Å². The van der Waals surface area contributed by atoms with E-state index in [-0.39, 0.29) is 5.96 Å². The van der Waals surface area contributed by atoms with Crippen LogP contribution < -0.4 is 22.3 Å². The molecule has 0 heterocycles. The highest BCUT2D eigenvalue weighted by molar-refractivity contribution is 5.75. The molecule has 6 nitrogen and oxygen atoms in total. The summed E-state index contributed by atoms with van der Waals surface area (Å²) in [6.45, 7) is 0.392. The molecule has 12 heavy (non-hydrogen) atoms. The van der Waals surface area contributed by atoms with E-state index in [4.69, 9.17) is 17.2 Å². The van der Waals surface area contributed by atoms with Gasteiger partial charge in [-0.3, -0.25) is 4.99 Å². The molecule has 0 spiro atoms. The van der Waals surface area contributed by atoms with Crippen molar-refractivity contribution in [2.24, 2.45) is 22.2 Å². The van der Waals surface area contributed by atoms with Crippen LogP contribution in [-0.2, 0) is 4.79 Å². The van der Waals surface area contributed by atoms with Crippen molar-refractivity contribution in [1.29, 1.82) is 0 Å². The summed E-state index contributed by atoms with van der Waals surface area (Å²) in [6.07, 6.45) is 0.853. The van der Waals surface area contributed by atoms with E-state index in [1.807, 2.05) is 0 Å². The van der Waals surface area contributed by atoms with E-state index in [1.165, 1.54) is 0 Å². The average molecular weight is 173 g/mol. The molecule has 0 radical (unpaired) electrons. The van der Waals surface area contributed by atoms with E-state index in [1.54, 1.807) is 0 Å². The first-order chi connectivity index (χ1) is 5.54. The summed E-state index contributed by atoms with van der Waals surface area (Å²) in [5, 5.41) is 10.1. The fourth-order valence-corrected chi connectivity index (χ4v) is 0.637. The van der Waals surface area contributed by atoms with Gasteiger partial charge in [-0.2, -0.15) is 0 Å². The number of aliphatic carboxylic acids is 1. The van der Waals surface area contributed by atoms with Gasteiger partial charge in [-0.1, -0.05) is 0 Å². The Balaban J connectivity index is 3.44. The van der Waals surface area contributed by atoms with Crippen LogP contribution in [0.15, 0.2) is 4.99 Å². The van der Waals surface area contributed by atoms with Crippen molar-refractivity contribution < 1.29 is 9.90 Å². The number of hydrogen-bond donors (Lipinski definition) is 3. The first kappa shape index (κ1) is 10.7. The zero-order valence-electron chi connectivity index (χ0n) is 6.69. The largest absolute Gasteiger partial charge is 0.548 e. The van der Waals surface area contributed by atoms with Crippen LogP contribution in [0.25, 0.3) is 0 Å². The Labute approximate surface area is 70.4 Å². The summed E-state index contributed by atoms with van der Waals surface area (Å²) < 4.78 is 0. The molecule has 0 aliphatic carbocycles. The Bertz CT molecular complexity index is 176. The van der Waals surface area contributed by atoms with Gasteiger partial charge < -0.3 is 27.1 Å². The minimum Gasteiger partial charge on any atom is -0.548 e. The third-order valence-corrected chi connectivity index (χ3v) is 1.27. The van der Waals surface area contributed by atoms with Gasteiger partial charge in [0.25, 0.3) is 0 Å². The van der Waals surface area contributed by atoms with Crippen LogP contribution in [0.1, 0.15) is 12.8 Å². The molecule has 0 aromatic carbocycles. The van der Waals surface area contributed by atoms with Crippen molar-refractivity contribution in [3.8, 4) is 0 Å². The topological polar surface area (TPSA) is 131 Å². The van der Waals surface area contributed by atoms with Gasteiger partial charge >= 0.3 is 0 Å². The highest BCUT2D eigenvalue weighted by Crippen LogP contribution is 1.93. The fourth-order valence-electron chi connectivity index (χ4n) is 0.637. The van der Waals surface area contributed by atoms with Gasteiger partial charge in [0.05, 0.1) is 5.97 Å². The van der Waals surface area contributed by atoms with Crippen LogP contribution in [0.2, 0.25) is 0 Å². The Hall–Kier alpha value is -1.30. The van der Waals surface area contributed by atoms with Crippen LogP contribution in [-0.4, -0.2) is 24.5 Å². The third-order valence-electron chi connectivity index (χ3n) is 1.27. The van der Waals surface area contributed by atoms with Crippen LogP contribution in [0.5, 0.6) is 0 Å². The standard InChI is InChI=1S/C6H14N4O2/c7-4(5(11)12)2-1-3-10-6(8)9/h4H,1-3,7H2,(H,11,12)(H4,8,9,10)/p-1. The molecule has 0 amide bonds. The van der Waals surface area contributed by atoms with Crippen molar-refractivity contribution in [3.63, 3.8) is 0 Å². The molecule has 1 unspecified atom stereocenters. The summed E-state index contributed by atoms with van der Waals surface area (Å²) in [6, 6.07) is -0.931. The van der Waals surface area contributed by atoms with Crippen molar-refractivity contribution in [3.05, 3.63) is 0 Å². The number of carboxylic acids is 1. The van der Waals surface area contributed by atoms with E-state index >= 15 is 0 Å². The summed E-state index contributed by atoms with van der Waals surface area (Å²) in [4.78, 5) is 13.8. The first-order valence-electron chi connectivity index (χ1n) is 3.56. The van der Waals surface area contributed by atoms with E-state index in [0.29, 0.717) is 19.4 Å². The Kier molecular flexibility index (Phi) is 4.78. The minimum absolute atomic E-state index is 0.00276. The molecule has 0 bridgehead atoms. The van der Waals surface area contributed by atoms with Gasteiger partial charge in [0.2, 0.25) is 0 Å². The maximum absolute atomic E-state index is 10.1. The predicted octanol–water partition coefficient (Wildman–Crippen LogP) is -2.88. The summed E-state index contributed by atoms with van der Waals surface area (Å²) in [7, 11) is 0. The summed E-state index contributed by atoms with van der Waals surface area (Å²) >= 11 is 0. The zero-order chi connectivity index (χ0) is 9.56. The molecular weight excluding hydrogens is 160 g/mol. The number of aliphatic imine (C=N–C) groups is 1. The lowest BCUT2D eigenvalue weighted by Gasteiger charge is -2.10. The second-order valence-corrected chi connectivity index (χ2v) is 2.37. The van der Waals surface area contributed by atoms with E-state index in [9.17, 15) is 9.90 Å². The first-order valence-corrected chi connectivity index (χ1v) is 3.56. The maximum Gasteiger partial charge on any atom is 0.185 e. The highest BCUT2D eigenvalue weighted by atomic mass is 16.4. The molecule has 0 aromatic heterocycles. The monoisotopic (exact) mass is 173 g/mol. The van der Waals surface area contributed by atoms with Crippen molar-refractivity contribution in [2.45, 2.75) is 18.9 Å². The molecule has 70 valence electrons. The summed E-state index contributed by atoms with van der Waals surface area (Å²) in [5.74, 6) is -1.25. The van der Waals surface area contributed by atoms with Crippen molar-refractivity contribution in [1.82, 2.24) is 0 Å². The van der Waals surface area contributed by atoms with Gasteiger partial charge in [0.15, 0.2) is 5.96 Å².